The lowest BCUT2D eigenvalue weighted by atomic mass is 10.3. The van der Waals surface area contributed by atoms with E-state index in [-0.39, 0.29) is 34.2 Å². The van der Waals surface area contributed by atoms with Crippen LogP contribution in [0.5, 0.6) is 0 Å². The van der Waals surface area contributed by atoms with Gasteiger partial charge in [0.25, 0.3) is 10.0 Å². The molecule has 0 amide bonds. The average molecular weight is 350 g/mol. The Morgan fingerprint density at radius 1 is 1.19 bits per heavy atom. The molecule has 4 N–H and O–H groups in total. The largest absolute Gasteiger partial charge is 0.399 e. The first kappa shape index (κ1) is 17.3. The molecule has 0 bridgehead atoms. The summed E-state index contributed by atoms with van der Waals surface area (Å²) in [5.41, 5.74) is 6.00. The predicted molar refractivity (Wildman–Crippen MR) is 85.5 cm³/mol. The van der Waals surface area contributed by atoms with Crippen LogP contribution in [0.3, 0.4) is 0 Å². The van der Waals surface area contributed by atoms with E-state index in [1.165, 1.54) is 30.3 Å². The monoisotopic (exact) mass is 349 g/mol. The van der Waals surface area contributed by atoms with Crippen molar-refractivity contribution in [2.24, 2.45) is 0 Å². The van der Waals surface area contributed by atoms with Crippen molar-refractivity contribution < 1.29 is 8.42 Å². The fraction of sp³-hybridized carbons (Fsp3) is 0.0909. The second-order valence-corrected chi connectivity index (χ2v) is 5.89. The third-order valence-electron chi connectivity index (χ3n) is 2.35. The van der Waals surface area contributed by atoms with E-state index in [1.54, 1.807) is 7.05 Å². The highest BCUT2D eigenvalue weighted by Gasteiger charge is 2.15. The van der Waals surface area contributed by atoms with Gasteiger partial charge in [-0.3, -0.25) is 4.72 Å². The molecule has 10 heteroatoms. The van der Waals surface area contributed by atoms with E-state index in [9.17, 15) is 8.42 Å². The molecule has 114 valence electrons. The predicted octanol–water partition coefficient (Wildman–Crippen LogP) is 1.98. The fourth-order valence-electron chi connectivity index (χ4n) is 1.43. The van der Waals surface area contributed by atoms with Gasteiger partial charge in [0, 0.05) is 18.8 Å². The molecule has 2 rings (SSSR count). The van der Waals surface area contributed by atoms with Crippen LogP contribution in [0.1, 0.15) is 0 Å². The molecule has 1 aromatic heterocycles. The molecule has 0 spiro atoms. The maximum Gasteiger partial charge on any atom is 0.263 e. The van der Waals surface area contributed by atoms with Gasteiger partial charge < -0.3 is 11.1 Å². The molecule has 7 nitrogen and oxygen atoms in total. The molecule has 21 heavy (non-hydrogen) atoms. The van der Waals surface area contributed by atoms with Crippen molar-refractivity contribution in [1.82, 2.24) is 9.97 Å². The van der Waals surface area contributed by atoms with Gasteiger partial charge in [0.05, 0.1) is 4.90 Å². The van der Waals surface area contributed by atoms with Gasteiger partial charge >= 0.3 is 0 Å². The Morgan fingerprint density at radius 2 is 1.81 bits per heavy atom. The Balaban J connectivity index is 0.00000220. The highest BCUT2D eigenvalue weighted by molar-refractivity contribution is 7.92. The third kappa shape index (κ3) is 4.35. The van der Waals surface area contributed by atoms with Gasteiger partial charge in [-0.05, 0) is 24.3 Å². The van der Waals surface area contributed by atoms with Gasteiger partial charge in [-0.25, -0.2) is 13.4 Å². The summed E-state index contributed by atoms with van der Waals surface area (Å²) < 4.78 is 26.6. The second-order valence-electron chi connectivity index (χ2n) is 3.82. The van der Waals surface area contributed by atoms with E-state index in [2.05, 4.69) is 20.0 Å². The zero-order valence-corrected chi connectivity index (χ0v) is 13.3. The van der Waals surface area contributed by atoms with Crippen LogP contribution in [-0.2, 0) is 10.0 Å². The zero-order chi connectivity index (χ0) is 14.8. The molecule has 0 aliphatic carbocycles. The summed E-state index contributed by atoms with van der Waals surface area (Å²) >= 11 is 5.78. The Hall–Kier alpha value is -1.77. The number of nitrogen functional groups attached to an aromatic ring is 1. The molecule has 2 aromatic rings. The van der Waals surface area contributed by atoms with Gasteiger partial charge in [0.15, 0.2) is 0 Å². The first-order valence-corrected chi connectivity index (χ1v) is 7.37. The normalized spacial score (nSPS) is 10.6. The van der Waals surface area contributed by atoms with Crippen molar-refractivity contribution >= 4 is 51.5 Å². The summed E-state index contributed by atoms with van der Waals surface area (Å²) in [4.78, 5) is 7.89. The van der Waals surface area contributed by atoms with Crippen molar-refractivity contribution in [3.63, 3.8) is 0 Å². The van der Waals surface area contributed by atoms with Crippen molar-refractivity contribution in [1.29, 1.82) is 0 Å². The number of nitrogens with zero attached hydrogens (tertiary/aromatic N) is 2. The van der Waals surface area contributed by atoms with E-state index in [0.717, 1.165) is 0 Å². The van der Waals surface area contributed by atoms with E-state index >= 15 is 0 Å². The number of sulfonamides is 1. The van der Waals surface area contributed by atoms with Crippen molar-refractivity contribution in [2.75, 3.05) is 22.8 Å². The maximum atomic E-state index is 12.1. The summed E-state index contributed by atoms with van der Waals surface area (Å²) in [5, 5.41) is 2.81. The zero-order valence-electron chi connectivity index (χ0n) is 10.9. The van der Waals surface area contributed by atoms with Gasteiger partial charge in [-0.2, -0.15) is 4.98 Å². The lowest BCUT2D eigenvalue weighted by Gasteiger charge is -2.09. The molecule has 0 aliphatic rings. The number of benzene rings is 1. The summed E-state index contributed by atoms with van der Waals surface area (Å²) in [7, 11) is -2.15. The number of halogens is 2. The van der Waals surface area contributed by atoms with Crippen LogP contribution in [0.25, 0.3) is 0 Å². The number of hydrogen-bond donors (Lipinski definition) is 3. The van der Waals surface area contributed by atoms with Crippen LogP contribution in [-0.4, -0.2) is 25.4 Å². The highest BCUT2D eigenvalue weighted by Crippen LogP contribution is 2.19. The SMILES string of the molecule is CNc1nc(Cl)cc(NS(=O)(=O)c2ccc(N)cc2)n1.Cl. The number of hydrogen-bond acceptors (Lipinski definition) is 6. The molecule has 0 fully saturated rings. The molecule has 0 aliphatic heterocycles. The molecule has 0 atom stereocenters. The number of nitrogens with one attached hydrogen (secondary N) is 2. The van der Waals surface area contributed by atoms with Crippen LogP contribution in [0, 0.1) is 0 Å². The van der Waals surface area contributed by atoms with E-state index in [0.29, 0.717) is 5.69 Å². The maximum absolute atomic E-state index is 12.1. The highest BCUT2D eigenvalue weighted by atomic mass is 35.5. The number of aromatic nitrogens is 2. The minimum Gasteiger partial charge on any atom is -0.399 e. The van der Waals surface area contributed by atoms with E-state index in [4.69, 9.17) is 17.3 Å². The molecule has 0 saturated carbocycles. The van der Waals surface area contributed by atoms with Crippen molar-refractivity contribution in [2.45, 2.75) is 4.90 Å². The standard InChI is InChI=1S/C11H12ClN5O2S.ClH/c1-14-11-15-9(12)6-10(16-11)17-20(18,19)8-4-2-7(13)3-5-8;/h2-6H,13H2,1H3,(H2,14,15,16,17);1H. The lowest BCUT2D eigenvalue weighted by Crippen LogP contribution is -2.14. The molecular weight excluding hydrogens is 337 g/mol. The Bertz CT molecular complexity index is 722. The topological polar surface area (TPSA) is 110 Å². The quantitative estimate of drug-likeness (QED) is 0.574. The van der Waals surface area contributed by atoms with Crippen LogP contribution in [0.15, 0.2) is 35.2 Å². The van der Waals surface area contributed by atoms with Crippen molar-refractivity contribution in [3.8, 4) is 0 Å². The average Bonchev–Trinajstić information content (AvgIpc) is 2.37. The summed E-state index contributed by atoms with van der Waals surface area (Å²) in [6.07, 6.45) is 0. The van der Waals surface area contributed by atoms with Gasteiger partial charge in [0.1, 0.15) is 11.0 Å². The first-order valence-electron chi connectivity index (χ1n) is 5.51. The van der Waals surface area contributed by atoms with Gasteiger partial charge in [-0.15, -0.1) is 12.4 Å². The van der Waals surface area contributed by atoms with Crippen LogP contribution >= 0.6 is 24.0 Å². The fourth-order valence-corrected chi connectivity index (χ4v) is 2.60. The summed E-state index contributed by atoms with van der Waals surface area (Å²) in [6, 6.07) is 7.12. The second kappa shape index (κ2) is 6.79. The molecule has 1 heterocycles. The molecular formula is C11H13Cl2N5O2S. The molecule has 1 aromatic carbocycles. The minimum atomic E-state index is -3.75. The Morgan fingerprint density at radius 3 is 2.38 bits per heavy atom. The van der Waals surface area contributed by atoms with Crippen molar-refractivity contribution in [3.05, 3.63) is 35.5 Å². The first-order chi connectivity index (χ1) is 9.40. The van der Waals surface area contributed by atoms with E-state index < -0.39 is 10.0 Å². The smallest absolute Gasteiger partial charge is 0.263 e. The molecule has 0 saturated heterocycles. The number of nitrogens with two attached hydrogens (primary N) is 1. The third-order valence-corrected chi connectivity index (χ3v) is 3.91. The van der Waals surface area contributed by atoms with Gasteiger partial charge in [-0.1, -0.05) is 11.6 Å². The number of anilines is 3. The Labute approximate surface area is 133 Å². The minimum absolute atomic E-state index is 0. The Kier molecular flexibility index (Phi) is 5.59. The van der Waals surface area contributed by atoms with Crippen LogP contribution in [0.2, 0.25) is 5.15 Å². The van der Waals surface area contributed by atoms with E-state index in [1.807, 2.05) is 0 Å². The van der Waals surface area contributed by atoms with Gasteiger partial charge in [0.2, 0.25) is 5.95 Å². The summed E-state index contributed by atoms with van der Waals surface area (Å²) in [5.74, 6) is 0.290. The van der Waals surface area contributed by atoms with Crippen LogP contribution < -0.4 is 15.8 Å². The summed E-state index contributed by atoms with van der Waals surface area (Å²) in [6.45, 7) is 0. The molecule has 0 radical (unpaired) electrons. The lowest BCUT2D eigenvalue weighted by molar-refractivity contribution is 0.601. The molecule has 0 unspecified atom stereocenters. The number of rotatable bonds is 4. The van der Waals surface area contributed by atoms with Crippen LogP contribution in [0.4, 0.5) is 17.5 Å².